The van der Waals surface area contributed by atoms with Crippen LogP contribution < -0.4 is 15.5 Å². The molecule has 0 radical (unpaired) electrons. The molecule has 0 aliphatic carbocycles. The van der Waals surface area contributed by atoms with E-state index in [2.05, 4.69) is 16.5 Å². The maximum atomic E-state index is 16.9. The first-order valence-electron chi connectivity index (χ1n) is 14.6. The predicted octanol–water partition coefficient (Wildman–Crippen LogP) is 4.43. The van der Waals surface area contributed by atoms with Gasteiger partial charge in [-0.1, -0.05) is 26.5 Å². The molecular formula is C33H32F2N6O4. The van der Waals surface area contributed by atoms with Gasteiger partial charge in [-0.3, -0.25) is 19.1 Å². The van der Waals surface area contributed by atoms with Gasteiger partial charge in [0.25, 0.3) is 5.91 Å². The summed E-state index contributed by atoms with van der Waals surface area (Å²) in [5, 5.41) is 10.9. The molecule has 2 amide bonds. The van der Waals surface area contributed by atoms with Crippen molar-refractivity contribution in [1.29, 1.82) is 0 Å². The molecule has 0 spiro atoms. The third-order valence-corrected chi connectivity index (χ3v) is 8.68. The number of aryl methyl sites for hydroxylation is 1. The minimum Gasteiger partial charge on any atom is -0.507 e. The second-order valence-electron chi connectivity index (χ2n) is 11.8. The molecule has 0 saturated carbocycles. The Hall–Kier alpha value is -5.13. The van der Waals surface area contributed by atoms with Crippen LogP contribution in [0.1, 0.15) is 37.9 Å². The highest BCUT2D eigenvalue weighted by atomic mass is 19.1. The molecule has 2 unspecified atom stereocenters. The van der Waals surface area contributed by atoms with Gasteiger partial charge in [0.15, 0.2) is 5.82 Å². The van der Waals surface area contributed by atoms with E-state index in [1.807, 2.05) is 20.8 Å². The van der Waals surface area contributed by atoms with Crippen LogP contribution in [0.4, 0.5) is 20.3 Å². The van der Waals surface area contributed by atoms with Gasteiger partial charge in [0, 0.05) is 31.4 Å². The largest absolute Gasteiger partial charge is 0.507 e. The van der Waals surface area contributed by atoms with Gasteiger partial charge in [-0.05, 0) is 55.7 Å². The number of amides is 2. The first-order valence-corrected chi connectivity index (χ1v) is 14.6. The molecule has 45 heavy (non-hydrogen) atoms. The van der Waals surface area contributed by atoms with Gasteiger partial charge in [-0.2, -0.15) is 4.98 Å². The Balaban J connectivity index is 1.79. The summed E-state index contributed by atoms with van der Waals surface area (Å²) >= 11 is 0. The molecule has 12 heteroatoms. The fraction of sp³-hybridized carbons (Fsp3) is 0.303. The van der Waals surface area contributed by atoms with Gasteiger partial charge >= 0.3 is 5.69 Å². The monoisotopic (exact) mass is 614 g/mol. The lowest BCUT2D eigenvalue weighted by Gasteiger charge is -2.44. The van der Waals surface area contributed by atoms with Crippen molar-refractivity contribution < 1.29 is 23.5 Å². The third kappa shape index (κ3) is 4.46. The summed E-state index contributed by atoms with van der Waals surface area (Å²) in [7, 11) is 1.39. The number of fused-ring (bicyclic) bond motifs is 2. The summed E-state index contributed by atoms with van der Waals surface area (Å²) in [4.78, 5) is 54.3. The molecule has 2 aromatic heterocycles. The number of anilines is 2. The highest BCUT2D eigenvalue weighted by Crippen LogP contribution is 2.46. The van der Waals surface area contributed by atoms with Crippen LogP contribution in [-0.2, 0) is 9.59 Å². The summed E-state index contributed by atoms with van der Waals surface area (Å²) in [5.41, 5.74) is 0.134. The molecule has 10 nitrogen and oxygen atoms in total. The maximum Gasteiger partial charge on any atom is 0.354 e. The number of hydrogen-bond acceptors (Lipinski definition) is 7. The van der Waals surface area contributed by atoms with Crippen LogP contribution in [0.2, 0.25) is 0 Å². The molecule has 4 aromatic rings. The molecule has 1 fully saturated rings. The number of hydrogen-bond donors (Lipinski definition) is 1. The zero-order valence-electron chi connectivity index (χ0n) is 25.5. The molecular weight excluding hydrogens is 582 g/mol. The second kappa shape index (κ2) is 10.8. The molecule has 2 aromatic carbocycles. The zero-order valence-corrected chi connectivity index (χ0v) is 25.5. The van der Waals surface area contributed by atoms with Crippen LogP contribution in [0.25, 0.3) is 27.7 Å². The number of carbonyl (C=O) groups excluding carboxylic acids is 2. The summed E-state index contributed by atoms with van der Waals surface area (Å²) in [6, 6.07) is 5.25. The van der Waals surface area contributed by atoms with Crippen LogP contribution in [0.3, 0.4) is 0 Å². The number of phenols is 1. The Bertz CT molecular complexity index is 1970. The fourth-order valence-corrected chi connectivity index (χ4v) is 6.49. The standard InChI is InChI=1S/C33H32F2N6O4/c1-7-24(43)39-15-22-32(44)38(6)30-26-21(13-19(27(30)35)25-20(34)9-8-10-23(25)42)41(29-17(4)11-12-36-28(29)16(2)3)33(45)37-31(26)40(22)14-18(39)5/h7-13,16,18,22,42H,1,14-15H2,2-6H3. The highest BCUT2D eigenvalue weighted by Gasteiger charge is 2.44. The minimum atomic E-state index is -1.01. The number of carbonyl (C=O) groups is 2. The van der Waals surface area contributed by atoms with Crippen molar-refractivity contribution in [2.24, 2.45) is 0 Å². The van der Waals surface area contributed by atoms with Crippen LogP contribution in [-0.4, -0.2) is 68.6 Å². The molecule has 0 bridgehead atoms. The Morgan fingerprint density at radius 3 is 2.56 bits per heavy atom. The Morgan fingerprint density at radius 2 is 1.89 bits per heavy atom. The number of nitrogens with zero attached hydrogens (tertiary/aromatic N) is 6. The summed E-state index contributed by atoms with van der Waals surface area (Å²) in [6.07, 6.45) is 2.80. The number of pyridine rings is 1. The SMILES string of the molecule is C=CC(=O)N1CC2C(=O)N(C)c3c(F)c(-c4c(O)cccc4F)cc4c3c(nc(=O)n4-c3c(C)ccnc3C(C)C)N2CC1C. The number of phenolic OH excluding ortho intramolecular Hbond substituents is 1. The van der Waals surface area contributed by atoms with E-state index in [-0.39, 0.29) is 52.9 Å². The van der Waals surface area contributed by atoms with Crippen LogP contribution >= 0.6 is 0 Å². The second-order valence-corrected chi connectivity index (χ2v) is 11.8. The average molecular weight is 615 g/mol. The van der Waals surface area contributed by atoms with Crippen molar-refractivity contribution in [2.75, 3.05) is 29.9 Å². The minimum absolute atomic E-state index is 0.0583. The van der Waals surface area contributed by atoms with Crippen molar-refractivity contribution in [2.45, 2.75) is 45.7 Å². The normalized spacial score (nSPS) is 18.0. The molecule has 1 saturated heterocycles. The van der Waals surface area contributed by atoms with Gasteiger partial charge in [-0.15, -0.1) is 0 Å². The van der Waals surface area contributed by atoms with Gasteiger partial charge in [0.1, 0.15) is 23.4 Å². The number of benzene rings is 2. The van der Waals surface area contributed by atoms with Crippen LogP contribution in [0, 0.1) is 18.6 Å². The smallest absolute Gasteiger partial charge is 0.354 e. The van der Waals surface area contributed by atoms with E-state index in [9.17, 15) is 19.5 Å². The van der Waals surface area contributed by atoms with E-state index in [1.54, 1.807) is 24.1 Å². The fourth-order valence-electron chi connectivity index (χ4n) is 6.49. The first-order chi connectivity index (χ1) is 21.4. The van der Waals surface area contributed by atoms with Crippen LogP contribution in [0.5, 0.6) is 5.75 Å². The number of halogens is 2. The zero-order chi connectivity index (χ0) is 32.5. The molecule has 6 rings (SSSR count). The Labute approximate surface area is 257 Å². The third-order valence-electron chi connectivity index (χ3n) is 8.68. The van der Waals surface area contributed by atoms with Crippen molar-refractivity contribution >= 4 is 34.2 Å². The number of aromatic hydroxyl groups is 1. The molecule has 2 aliphatic rings. The number of rotatable bonds is 4. The lowest BCUT2D eigenvalue weighted by molar-refractivity contribution is -0.130. The number of likely N-dealkylation sites (N-methyl/N-ethyl adjacent to an activating group) is 1. The number of aromatic nitrogens is 3. The Morgan fingerprint density at radius 1 is 1.16 bits per heavy atom. The maximum absolute atomic E-state index is 16.9. The molecule has 4 heterocycles. The predicted molar refractivity (Wildman–Crippen MR) is 167 cm³/mol. The Kier molecular flexibility index (Phi) is 7.18. The van der Waals surface area contributed by atoms with Crippen molar-refractivity contribution in [3.63, 3.8) is 0 Å². The van der Waals surface area contributed by atoms with Gasteiger partial charge in [0.05, 0.1) is 40.1 Å². The number of piperazine rings is 1. The van der Waals surface area contributed by atoms with Gasteiger partial charge < -0.3 is 19.8 Å². The summed E-state index contributed by atoms with van der Waals surface area (Å²) < 4.78 is 33.5. The van der Waals surface area contributed by atoms with E-state index in [0.29, 0.717) is 16.9 Å². The van der Waals surface area contributed by atoms with E-state index >= 15 is 8.78 Å². The van der Waals surface area contributed by atoms with E-state index in [0.717, 1.165) is 11.0 Å². The molecule has 232 valence electrons. The lowest BCUT2D eigenvalue weighted by Crippen LogP contribution is -2.63. The van der Waals surface area contributed by atoms with Gasteiger partial charge in [0.2, 0.25) is 5.91 Å². The average Bonchev–Trinajstić information content (AvgIpc) is 3.08. The van der Waals surface area contributed by atoms with Crippen molar-refractivity contribution in [1.82, 2.24) is 19.4 Å². The van der Waals surface area contributed by atoms with Crippen molar-refractivity contribution in [3.05, 3.63) is 82.6 Å². The molecule has 1 N–H and O–H groups in total. The lowest BCUT2D eigenvalue weighted by atomic mass is 9.98. The van der Waals surface area contributed by atoms with Gasteiger partial charge in [-0.25, -0.2) is 13.6 Å². The van der Waals surface area contributed by atoms with Crippen LogP contribution in [0.15, 0.2) is 54.0 Å². The first kappa shape index (κ1) is 29.9. The topological polar surface area (TPSA) is 112 Å². The van der Waals surface area contributed by atoms with E-state index < -0.39 is 46.6 Å². The van der Waals surface area contributed by atoms with Crippen molar-refractivity contribution in [3.8, 4) is 22.6 Å². The summed E-state index contributed by atoms with van der Waals surface area (Å²) in [6.45, 7) is 11.1. The van der Waals surface area contributed by atoms with E-state index in [1.165, 1.54) is 40.8 Å². The quantitative estimate of drug-likeness (QED) is 0.339. The summed E-state index contributed by atoms with van der Waals surface area (Å²) in [5.74, 6) is -3.38. The van der Waals surface area contributed by atoms with E-state index in [4.69, 9.17) is 0 Å². The highest BCUT2D eigenvalue weighted by molar-refractivity contribution is 6.14. The molecule has 2 aliphatic heterocycles. The molecule has 2 atom stereocenters.